The third-order valence-corrected chi connectivity index (χ3v) is 11.0. The van der Waals surface area contributed by atoms with Crippen molar-refractivity contribution in [2.45, 2.75) is 233 Å². The van der Waals surface area contributed by atoms with Crippen molar-refractivity contribution in [3.63, 3.8) is 0 Å². The van der Waals surface area contributed by atoms with Crippen LogP contribution in [0.1, 0.15) is 230 Å². The normalized spacial score (nSPS) is 10.7. The molecule has 3 aromatic carbocycles. The molecular formula is C54H90. The second kappa shape index (κ2) is 41.8. The number of hydrogen-bond donors (Lipinski definition) is 0. The molecule has 0 fully saturated rings. The molecule has 3 rings (SSSR count). The molecule has 3 aromatic rings. The van der Waals surface area contributed by atoms with Gasteiger partial charge in [0.1, 0.15) is 0 Å². The molecule has 0 aliphatic rings. The van der Waals surface area contributed by atoms with E-state index in [2.05, 4.69) is 112 Å². The van der Waals surface area contributed by atoms with E-state index in [4.69, 9.17) is 0 Å². The molecule has 0 saturated carbocycles. The van der Waals surface area contributed by atoms with Crippen LogP contribution in [0.15, 0.2) is 91.0 Å². The Morgan fingerprint density at radius 3 is 0.556 bits per heavy atom. The summed E-state index contributed by atoms with van der Waals surface area (Å²) in [6, 6.07) is 32.6. The maximum absolute atomic E-state index is 2.28. The molecule has 0 amide bonds. The molecule has 54 heavy (non-hydrogen) atoms. The molecule has 0 saturated heterocycles. The number of rotatable bonds is 33. The topological polar surface area (TPSA) is 0 Å². The molecule has 0 heteroatoms. The Morgan fingerprint density at radius 2 is 0.370 bits per heavy atom. The van der Waals surface area contributed by atoms with Crippen LogP contribution in [0.5, 0.6) is 0 Å². The number of hydrogen-bond acceptors (Lipinski definition) is 0. The van der Waals surface area contributed by atoms with E-state index in [0.29, 0.717) is 0 Å². The summed E-state index contributed by atoms with van der Waals surface area (Å²) in [5.74, 6) is 0. The van der Waals surface area contributed by atoms with Gasteiger partial charge < -0.3 is 0 Å². The van der Waals surface area contributed by atoms with Crippen LogP contribution in [0.25, 0.3) is 0 Å². The Kier molecular flexibility index (Phi) is 38.5. The summed E-state index contributed by atoms with van der Waals surface area (Å²) in [6.07, 6.45) is 46.5. The van der Waals surface area contributed by atoms with Gasteiger partial charge in [0.15, 0.2) is 0 Å². The first-order valence-electron chi connectivity index (χ1n) is 23.9. The molecule has 0 aliphatic heterocycles. The fraction of sp³-hybridized carbons (Fsp3) is 0.667. The highest BCUT2D eigenvalue weighted by molar-refractivity contribution is 5.16. The molecule has 306 valence electrons. The van der Waals surface area contributed by atoms with Crippen molar-refractivity contribution >= 4 is 0 Å². The number of aryl methyl sites for hydroxylation is 3. The summed E-state index contributed by atoms with van der Waals surface area (Å²) in [7, 11) is 0. The van der Waals surface area contributed by atoms with Gasteiger partial charge in [-0.3, -0.25) is 0 Å². The molecule has 0 nitrogen and oxygen atoms in total. The highest BCUT2D eigenvalue weighted by Gasteiger charge is 1.97. The van der Waals surface area contributed by atoms with Gasteiger partial charge in [0.05, 0.1) is 0 Å². The standard InChI is InChI=1S/3C18H30/c3*1-2-3-4-5-6-7-8-9-10-12-15-18-16-13-11-14-17-18/h3*11,13-14,16-17H,2-10,12,15H2,1H3. The Balaban J connectivity index is 0.000000405. The van der Waals surface area contributed by atoms with Crippen molar-refractivity contribution in [2.24, 2.45) is 0 Å². The highest BCUT2D eigenvalue weighted by Crippen LogP contribution is 2.15. The van der Waals surface area contributed by atoms with E-state index < -0.39 is 0 Å². The Labute approximate surface area is 339 Å². The van der Waals surface area contributed by atoms with Crippen molar-refractivity contribution in [2.75, 3.05) is 0 Å². The van der Waals surface area contributed by atoms with E-state index in [1.807, 2.05) is 0 Å². The van der Waals surface area contributed by atoms with Gasteiger partial charge in [0.25, 0.3) is 0 Å². The average Bonchev–Trinajstić information content (AvgIpc) is 3.22. The quantitative estimate of drug-likeness (QED) is 0.0546. The second-order valence-electron chi connectivity index (χ2n) is 16.3. The molecule has 0 aromatic heterocycles. The summed E-state index contributed by atoms with van der Waals surface area (Å²) in [5.41, 5.74) is 4.49. The average molecular weight is 739 g/mol. The first-order chi connectivity index (χ1) is 26.8. The van der Waals surface area contributed by atoms with Gasteiger partial charge in [-0.15, -0.1) is 0 Å². The molecule has 0 spiro atoms. The third-order valence-electron chi connectivity index (χ3n) is 11.0. The third kappa shape index (κ3) is 35.4. The minimum absolute atomic E-state index is 1.26. The van der Waals surface area contributed by atoms with Gasteiger partial charge >= 0.3 is 0 Å². The lowest BCUT2D eigenvalue weighted by atomic mass is 10.0. The Bertz CT molecular complexity index is 929. The summed E-state index contributed by atoms with van der Waals surface area (Å²) in [5, 5.41) is 0. The summed E-state index contributed by atoms with van der Waals surface area (Å²) in [4.78, 5) is 0. The van der Waals surface area contributed by atoms with Crippen LogP contribution in [0.4, 0.5) is 0 Å². The second-order valence-corrected chi connectivity index (χ2v) is 16.3. The van der Waals surface area contributed by atoms with E-state index in [0.717, 1.165) is 0 Å². The maximum Gasteiger partial charge on any atom is -0.0279 e. The first kappa shape index (κ1) is 49.7. The van der Waals surface area contributed by atoms with Crippen molar-refractivity contribution in [3.05, 3.63) is 108 Å². The smallest absolute Gasteiger partial charge is 0.0279 e. The Morgan fingerprint density at radius 1 is 0.204 bits per heavy atom. The molecule has 0 aliphatic carbocycles. The summed E-state index contributed by atoms with van der Waals surface area (Å²) < 4.78 is 0. The van der Waals surface area contributed by atoms with Crippen molar-refractivity contribution in [1.29, 1.82) is 0 Å². The zero-order valence-electron chi connectivity index (χ0n) is 36.5. The largest absolute Gasteiger partial charge is 0.0654 e. The zero-order valence-corrected chi connectivity index (χ0v) is 36.5. The molecule has 0 unspecified atom stereocenters. The monoisotopic (exact) mass is 739 g/mol. The van der Waals surface area contributed by atoms with Crippen LogP contribution in [-0.4, -0.2) is 0 Å². The van der Waals surface area contributed by atoms with E-state index in [1.54, 1.807) is 0 Å². The summed E-state index contributed by atoms with van der Waals surface area (Å²) in [6.45, 7) is 6.85. The lowest BCUT2D eigenvalue weighted by Crippen LogP contribution is -1.86. The van der Waals surface area contributed by atoms with Crippen LogP contribution >= 0.6 is 0 Å². The van der Waals surface area contributed by atoms with Crippen LogP contribution in [0, 0.1) is 0 Å². The van der Waals surface area contributed by atoms with Crippen LogP contribution in [-0.2, 0) is 19.3 Å². The fourth-order valence-corrected chi connectivity index (χ4v) is 7.38. The van der Waals surface area contributed by atoms with E-state index >= 15 is 0 Å². The Hall–Kier alpha value is -2.34. The first-order valence-corrected chi connectivity index (χ1v) is 23.9. The van der Waals surface area contributed by atoms with Gasteiger partial charge in [-0.1, -0.05) is 285 Å². The zero-order chi connectivity index (χ0) is 38.7. The maximum atomic E-state index is 2.28. The van der Waals surface area contributed by atoms with Crippen molar-refractivity contribution < 1.29 is 0 Å². The molecule has 0 bridgehead atoms. The minimum atomic E-state index is 1.26. The van der Waals surface area contributed by atoms with Gasteiger partial charge in [0, 0.05) is 0 Å². The number of benzene rings is 3. The van der Waals surface area contributed by atoms with Crippen LogP contribution < -0.4 is 0 Å². The van der Waals surface area contributed by atoms with Crippen molar-refractivity contribution in [1.82, 2.24) is 0 Å². The molecule has 0 N–H and O–H groups in total. The lowest BCUT2D eigenvalue weighted by molar-refractivity contribution is 0.556. The number of unbranched alkanes of at least 4 members (excludes halogenated alkanes) is 27. The van der Waals surface area contributed by atoms with Gasteiger partial charge in [-0.05, 0) is 55.2 Å². The van der Waals surface area contributed by atoms with Crippen molar-refractivity contribution in [3.8, 4) is 0 Å². The van der Waals surface area contributed by atoms with Crippen LogP contribution in [0.3, 0.4) is 0 Å². The molecule has 0 heterocycles. The predicted molar refractivity (Wildman–Crippen MR) is 246 cm³/mol. The van der Waals surface area contributed by atoms with E-state index in [1.165, 1.54) is 229 Å². The molecule has 0 atom stereocenters. The molecular weight excluding hydrogens is 649 g/mol. The molecule has 0 radical (unpaired) electrons. The van der Waals surface area contributed by atoms with Crippen LogP contribution in [0.2, 0.25) is 0 Å². The highest BCUT2D eigenvalue weighted by atomic mass is 14.0. The van der Waals surface area contributed by atoms with Gasteiger partial charge in [-0.25, -0.2) is 0 Å². The predicted octanol–water partition coefficient (Wildman–Crippen LogP) is 18.4. The van der Waals surface area contributed by atoms with Gasteiger partial charge in [-0.2, -0.15) is 0 Å². The summed E-state index contributed by atoms with van der Waals surface area (Å²) >= 11 is 0. The minimum Gasteiger partial charge on any atom is -0.0654 e. The fourth-order valence-electron chi connectivity index (χ4n) is 7.38. The lowest BCUT2D eigenvalue weighted by Gasteiger charge is -2.03. The van der Waals surface area contributed by atoms with Gasteiger partial charge in [0.2, 0.25) is 0 Å². The van der Waals surface area contributed by atoms with E-state index in [9.17, 15) is 0 Å². The SMILES string of the molecule is CCCCCCCCCCCCc1ccccc1.CCCCCCCCCCCCc1ccccc1.CCCCCCCCCCCCc1ccccc1. The van der Waals surface area contributed by atoms with E-state index in [-0.39, 0.29) is 0 Å².